The fourth-order valence-electron chi connectivity index (χ4n) is 3.26. The van der Waals surface area contributed by atoms with Crippen molar-refractivity contribution in [3.05, 3.63) is 66.9 Å². The summed E-state index contributed by atoms with van der Waals surface area (Å²) in [7, 11) is 0. The third kappa shape index (κ3) is 1.59. The van der Waals surface area contributed by atoms with Crippen molar-refractivity contribution in [3.63, 3.8) is 0 Å². The van der Waals surface area contributed by atoms with Gasteiger partial charge >= 0.3 is 0 Å². The molecule has 3 nitrogen and oxygen atoms in total. The molecule has 0 saturated carbocycles. The van der Waals surface area contributed by atoms with E-state index >= 15 is 0 Å². The van der Waals surface area contributed by atoms with Crippen LogP contribution in [0.25, 0.3) is 44.0 Å². The van der Waals surface area contributed by atoms with Gasteiger partial charge in [-0.3, -0.25) is 0 Å². The maximum Gasteiger partial charge on any atom is 0.180 e. The second-order valence-corrected chi connectivity index (χ2v) is 5.56. The maximum atomic E-state index is 10.9. The molecule has 0 fully saturated rings. The average Bonchev–Trinajstić information content (AvgIpc) is 3.21. The standard InChI is InChI=1S/C20H12O3/c21-18-14-10-11-22-19(14)20-17(13-8-4-5-9-15(13)23-20)16(18)12-6-2-1-3-7-12/h1-11,21H. The summed E-state index contributed by atoms with van der Waals surface area (Å²) in [4.78, 5) is 0. The van der Waals surface area contributed by atoms with Gasteiger partial charge in [-0.05, 0) is 17.7 Å². The molecule has 0 unspecified atom stereocenters. The minimum Gasteiger partial charge on any atom is -0.507 e. The molecule has 2 aromatic heterocycles. The van der Waals surface area contributed by atoms with E-state index in [1.54, 1.807) is 12.3 Å². The van der Waals surface area contributed by atoms with Gasteiger partial charge in [0.1, 0.15) is 11.3 Å². The lowest BCUT2D eigenvalue weighted by Crippen LogP contribution is -1.82. The molecular weight excluding hydrogens is 288 g/mol. The minimum absolute atomic E-state index is 0.221. The van der Waals surface area contributed by atoms with Gasteiger partial charge in [-0.25, -0.2) is 0 Å². The molecule has 0 aliphatic heterocycles. The SMILES string of the molecule is Oc1c(-c2ccccc2)c2c3ccccc3oc2c2occc12. The van der Waals surface area contributed by atoms with Crippen LogP contribution in [0.3, 0.4) is 0 Å². The number of benzene rings is 3. The summed E-state index contributed by atoms with van der Waals surface area (Å²) in [5, 5.41) is 13.4. The second kappa shape index (κ2) is 4.40. The first-order chi connectivity index (χ1) is 11.3. The van der Waals surface area contributed by atoms with Crippen LogP contribution in [0.4, 0.5) is 0 Å². The van der Waals surface area contributed by atoms with Crippen molar-refractivity contribution in [2.45, 2.75) is 0 Å². The number of para-hydroxylation sites is 1. The topological polar surface area (TPSA) is 46.5 Å². The van der Waals surface area contributed by atoms with Crippen molar-refractivity contribution in [2.75, 3.05) is 0 Å². The van der Waals surface area contributed by atoms with E-state index in [2.05, 4.69) is 0 Å². The van der Waals surface area contributed by atoms with E-state index in [0.29, 0.717) is 16.6 Å². The van der Waals surface area contributed by atoms with Gasteiger partial charge in [0.05, 0.1) is 11.6 Å². The molecule has 1 N–H and O–H groups in total. The highest BCUT2D eigenvalue weighted by Crippen LogP contribution is 2.47. The normalized spacial score (nSPS) is 11.7. The summed E-state index contributed by atoms with van der Waals surface area (Å²) >= 11 is 0. The molecule has 0 bridgehead atoms. The third-order valence-corrected chi connectivity index (χ3v) is 4.27. The molecule has 5 rings (SSSR count). The Hall–Kier alpha value is -3.20. The Bertz CT molecular complexity index is 1160. The first-order valence-corrected chi connectivity index (χ1v) is 7.43. The van der Waals surface area contributed by atoms with Crippen molar-refractivity contribution in [1.82, 2.24) is 0 Å². The van der Waals surface area contributed by atoms with Crippen molar-refractivity contribution in [3.8, 4) is 16.9 Å². The fourth-order valence-corrected chi connectivity index (χ4v) is 3.26. The molecule has 5 aromatic rings. The second-order valence-electron chi connectivity index (χ2n) is 5.56. The van der Waals surface area contributed by atoms with Crippen LogP contribution in [-0.4, -0.2) is 5.11 Å². The van der Waals surface area contributed by atoms with E-state index in [0.717, 1.165) is 27.5 Å². The number of hydrogen-bond acceptors (Lipinski definition) is 3. The predicted octanol–water partition coefficient (Wildman–Crippen LogP) is 5.70. The van der Waals surface area contributed by atoms with Crippen LogP contribution in [0.5, 0.6) is 5.75 Å². The summed E-state index contributed by atoms with van der Waals surface area (Å²) in [6.07, 6.45) is 1.58. The lowest BCUT2D eigenvalue weighted by Gasteiger charge is -2.08. The lowest BCUT2D eigenvalue weighted by molar-refractivity contribution is 0.483. The number of rotatable bonds is 1. The molecule has 3 heteroatoms. The van der Waals surface area contributed by atoms with Gasteiger partial charge < -0.3 is 13.9 Å². The first-order valence-electron chi connectivity index (χ1n) is 7.43. The Labute approximate surface area is 131 Å². The van der Waals surface area contributed by atoms with Crippen LogP contribution >= 0.6 is 0 Å². The maximum absolute atomic E-state index is 10.9. The van der Waals surface area contributed by atoms with E-state index < -0.39 is 0 Å². The minimum atomic E-state index is 0.221. The predicted molar refractivity (Wildman–Crippen MR) is 90.6 cm³/mol. The van der Waals surface area contributed by atoms with Gasteiger partial charge in [-0.15, -0.1) is 0 Å². The molecule has 2 heterocycles. The third-order valence-electron chi connectivity index (χ3n) is 4.27. The number of fused-ring (bicyclic) bond motifs is 5. The summed E-state index contributed by atoms with van der Waals surface area (Å²) in [6.45, 7) is 0. The Balaban J connectivity index is 2.11. The Kier molecular flexibility index (Phi) is 2.36. The van der Waals surface area contributed by atoms with Gasteiger partial charge in [-0.1, -0.05) is 48.5 Å². The van der Waals surface area contributed by atoms with Crippen LogP contribution in [0, 0.1) is 0 Å². The zero-order valence-corrected chi connectivity index (χ0v) is 12.1. The van der Waals surface area contributed by atoms with E-state index in [1.165, 1.54) is 0 Å². The molecule has 0 atom stereocenters. The smallest absolute Gasteiger partial charge is 0.180 e. The highest BCUT2D eigenvalue weighted by molar-refractivity contribution is 6.22. The molecule has 3 aromatic carbocycles. The summed E-state index contributed by atoms with van der Waals surface area (Å²) in [5.74, 6) is 0.221. The summed E-state index contributed by atoms with van der Waals surface area (Å²) < 4.78 is 11.6. The number of phenolic OH excluding ortho intramolecular Hbond substituents is 1. The molecule has 23 heavy (non-hydrogen) atoms. The van der Waals surface area contributed by atoms with Crippen LogP contribution in [0.1, 0.15) is 0 Å². The van der Waals surface area contributed by atoms with Crippen molar-refractivity contribution >= 4 is 32.9 Å². The van der Waals surface area contributed by atoms with Gasteiger partial charge in [0, 0.05) is 16.3 Å². The monoisotopic (exact) mass is 300 g/mol. The zero-order valence-electron chi connectivity index (χ0n) is 12.1. The first kappa shape index (κ1) is 12.4. The van der Waals surface area contributed by atoms with Crippen LogP contribution < -0.4 is 0 Å². The molecule has 0 saturated heterocycles. The van der Waals surface area contributed by atoms with Gasteiger partial charge in [-0.2, -0.15) is 0 Å². The largest absolute Gasteiger partial charge is 0.507 e. The molecular formula is C20H12O3. The van der Waals surface area contributed by atoms with E-state index in [9.17, 15) is 5.11 Å². The number of hydrogen-bond donors (Lipinski definition) is 1. The van der Waals surface area contributed by atoms with Gasteiger partial charge in [0.2, 0.25) is 0 Å². The van der Waals surface area contributed by atoms with Gasteiger partial charge in [0.15, 0.2) is 11.2 Å². The number of furan rings is 2. The lowest BCUT2D eigenvalue weighted by atomic mass is 9.96. The fraction of sp³-hybridized carbons (Fsp3) is 0. The van der Waals surface area contributed by atoms with Crippen molar-refractivity contribution in [1.29, 1.82) is 0 Å². The zero-order chi connectivity index (χ0) is 15.4. The van der Waals surface area contributed by atoms with Crippen LogP contribution in [0.15, 0.2) is 75.8 Å². The van der Waals surface area contributed by atoms with Crippen molar-refractivity contribution in [2.24, 2.45) is 0 Å². The molecule has 0 aliphatic carbocycles. The van der Waals surface area contributed by atoms with Crippen LogP contribution in [-0.2, 0) is 0 Å². The Morgan fingerprint density at radius 3 is 2.39 bits per heavy atom. The highest BCUT2D eigenvalue weighted by atomic mass is 16.4. The highest BCUT2D eigenvalue weighted by Gasteiger charge is 2.22. The van der Waals surface area contributed by atoms with Crippen LogP contribution in [0.2, 0.25) is 0 Å². The van der Waals surface area contributed by atoms with Crippen molar-refractivity contribution < 1.29 is 13.9 Å². The van der Waals surface area contributed by atoms with E-state index in [4.69, 9.17) is 8.83 Å². The van der Waals surface area contributed by atoms with E-state index in [1.807, 2.05) is 54.6 Å². The number of phenols is 1. The van der Waals surface area contributed by atoms with E-state index in [-0.39, 0.29) is 5.75 Å². The summed E-state index contributed by atoms with van der Waals surface area (Å²) in [6, 6.07) is 19.5. The Morgan fingerprint density at radius 1 is 0.739 bits per heavy atom. The molecule has 0 radical (unpaired) electrons. The molecule has 0 aliphatic rings. The average molecular weight is 300 g/mol. The molecule has 0 amide bonds. The summed E-state index contributed by atoms with van der Waals surface area (Å²) in [5.41, 5.74) is 3.75. The molecule has 110 valence electrons. The number of aromatic hydroxyl groups is 1. The van der Waals surface area contributed by atoms with Gasteiger partial charge in [0.25, 0.3) is 0 Å². The Morgan fingerprint density at radius 2 is 1.52 bits per heavy atom. The quantitative estimate of drug-likeness (QED) is 0.431. The molecule has 0 spiro atoms.